The van der Waals surface area contributed by atoms with Crippen molar-refractivity contribution in [1.29, 1.82) is 0 Å². The first-order valence-electron chi connectivity index (χ1n) is 7.56. The summed E-state index contributed by atoms with van der Waals surface area (Å²) in [5.41, 5.74) is 3.63. The van der Waals surface area contributed by atoms with Gasteiger partial charge in [-0.2, -0.15) is 0 Å². The fraction of sp³-hybridized carbons (Fsp3) is 0.278. The highest BCUT2D eigenvalue weighted by molar-refractivity contribution is 5.89. The molecule has 2 atom stereocenters. The van der Waals surface area contributed by atoms with E-state index in [-0.39, 0.29) is 12.1 Å². The van der Waals surface area contributed by atoms with E-state index in [9.17, 15) is 9.90 Å². The van der Waals surface area contributed by atoms with Gasteiger partial charge < -0.3 is 15.7 Å². The van der Waals surface area contributed by atoms with E-state index >= 15 is 0 Å². The predicted octanol–water partition coefficient (Wildman–Crippen LogP) is 2.30. The summed E-state index contributed by atoms with van der Waals surface area (Å²) in [7, 11) is 0. The lowest BCUT2D eigenvalue weighted by Gasteiger charge is -2.14. The van der Waals surface area contributed by atoms with Crippen molar-refractivity contribution in [1.82, 2.24) is 5.32 Å². The van der Waals surface area contributed by atoms with Crippen LogP contribution in [0, 0.1) is 0 Å². The number of nitrogens with one attached hydrogen (secondary N) is 2. The molecule has 0 spiro atoms. The molecule has 1 heterocycles. The standard InChI is InChI=1S/C18H20N2O2/c21-12-14-6-7-15(19-10-16-8-17(22)11-20-16)9-18(14)13-4-2-1-3-5-13/h1-7,9,12,16-17,19-20,22H,8,10-11H2/t16-,17+/m0/s1. The number of aliphatic hydroxyl groups is 1. The molecule has 1 aliphatic rings. The van der Waals surface area contributed by atoms with E-state index < -0.39 is 0 Å². The second kappa shape index (κ2) is 6.73. The number of rotatable bonds is 5. The summed E-state index contributed by atoms with van der Waals surface area (Å²) in [4.78, 5) is 11.3. The molecular weight excluding hydrogens is 276 g/mol. The summed E-state index contributed by atoms with van der Waals surface area (Å²) in [5.74, 6) is 0. The fourth-order valence-corrected chi connectivity index (χ4v) is 2.83. The molecule has 0 radical (unpaired) electrons. The number of anilines is 1. The van der Waals surface area contributed by atoms with Crippen molar-refractivity contribution in [3.05, 3.63) is 54.1 Å². The van der Waals surface area contributed by atoms with Crippen LogP contribution in [0.3, 0.4) is 0 Å². The third-order valence-electron chi connectivity index (χ3n) is 4.02. The second-order valence-corrected chi connectivity index (χ2v) is 5.66. The van der Waals surface area contributed by atoms with E-state index in [0.717, 1.165) is 36.1 Å². The lowest BCUT2D eigenvalue weighted by atomic mass is 9.99. The molecule has 0 aromatic heterocycles. The molecule has 3 rings (SSSR count). The van der Waals surface area contributed by atoms with Crippen LogP contribution in [0.1, 0.15) is 16.8 Å². The van der Waals surface area contributed by atoms with Gasteiger partial charge in [-0.25, -0.2) is 0 Å². The Labute approximate surface area is 130 Å². The normalized spacial score (nSPS) is 20.8. The molecule has 0 unspecified atom stereocenters. The highest BCUT2D eigenvalue weighted by atomic mass is 16.3. The van der Waals surface area contributed by atoms with Gasteiger partial charge in [0, 0.05) is 30.4 Å². The van der Waals surface area contributed by atoms with Gasteiger partial charge in [0.15, 0.2) is 6.29 Å². The number of aliphatic hydroxyl groups excluding tert-OH is 1. The SMILES string of the molecule is O=Cc1ccc(NC[C@@H]2C[C@@H](O)CN2)cc1-c1ccccc1. The van der Waals surface area contributed by atoms with E-state index in [1.165, 1.54) is 0 Å². The lowest BCUT2D eigenvalue weighted by Crippen LogP contribution is -2.29. The second-order valence-electron chi connectivity index (χ2n) is 5.66. The van der Waals surface area contributed by atoms with E-state index in [0.29, 0.717) is 12.1 Å². The van der Waals surface area contributed by atoms with E-state index in [2.05, 4.69) is 10.6 Å². The summed E-state index contributed by atoms with van der Waals surface area (Å²) in [6.45, 7) is 1.41. The number of carbonyl (C=O) groups is 1. The number of hydrogen-bond donors (Lipinski definition) is 3. The molecule has 1 fully saturated rings. The number of hydrogen-bond acceptors (Lipinski definition) is 4. The quantitative estimate of drug-likeness (QED) is 0.741. The minimum Gasteiger partial charge on any atom is -0.392 e. The monoisotopic (exact) mass is 296 g/mol. The van der Waals surface area contributed by atoms with Gasteiger partial charge in [-0.15, -0.1) is 0 Å². The van der Waals surface area contributed by atoms with Gasteiger partial charge >= 0.3 is 0 Å². The molecule has 22 heavy (non-hydrogen) atoms. The highest BCUT2D eigenvalue weighted by Crippen LogP contribution is 2.26. The smallest absolute Gasteiger partial charge is 0.150 e. The Morgan fingerprint density at radius 1 is 1.23 bits per heavy atom. The molecule has 2 aromatic rings. The number of aldehydes is 1. The average Bonchev–Trinajstić information content (AvgIpc) is 2.99. The first-order chi connectivity index (χ1) is 10.8. The van der Waals surface area contributed by atoms with E-state index in [4.69, 9.17) is 0 Å². The molecule has 114 valence electrons. The van der Waals surface area contributed by atoms with Gasteiger partial charge in [-0.1, -0.05) is 30.3 Å². The Balaban J connectivity index is 1.77. The van der Waals surface area contributed by atoms with Crippen molar-refractivity contribution >= 4 is 12.0 Å². The summed E-state index contributed by atoms with van der Waals surface area (Å²) in [5, 5.41) is 16.2. The molecule has 4 nitrogen and oxygen atoms in total. The van der Waals surface area contributed by atoms with Crippen LogP contribution in [0.15, 0.2) is 48.5 Å². The first-order valence-corrected chi connectivity index (χ1v) is 7.56. The minimum atomic E-state index is -0.246. The largest absolute Gasteiger partial charge is 0.392 e. The summed E-state index contributed by atoms with van der Waals surface area (Å²) >= 11 is 0. The minimum absolute atomic E-state index is 0.246. The van der Waals surface area contributed by atoms with Crippen LogP contribution in [0.25, 0.3) is 11.1 Å². The van der Waals surface area contributed by atoms with Crippen molar-refractivity contribution in [3.8, 4) is 11.1 Å². The maximum atomic E-state index is 11.3. The molecule has 3 N–H and O–H groups in total. The van der Waals surface area contributed by atoms with Crippen LogP contribution in [0.4, 0.5) is 5.69 Å². The first kappa shape index (κ1) is 14.8. The molecular formula is C18H20N2O2. The average molecular weight is 296 g/mol. The Morgan fingerprint density at radius 3 is 2.73 bits per heavy atom. The van der Waals surface area contributed by atoms with E-state index in [1.807, 2.05) is 48.5 Å². The molecule has 0 amide bonds. The zero-order chi connectivity index (χ0) is 15.4. The van der Waals surface area contributed by atoms with Crippen molar-refractivity contribution in [3.63, 3.8) is 0 Å². The Morgan fingerprint density at radius 2 is 2.05 bits per heavy atom. The summed E-state index contributed by atoms with van der Waals surface area (Å²) in [6.07, 6.45) is 1.41. The van der Waals surface area contributed by atoms with Crippen LogP contribution in [-0.4, -0.2) is 36.6 Å². The van der Waals surface area contributed by atoms with Crippen LogP contribution in [0.2, 0.25) is 0 Å². The summed E-state index contributed by atoms with van der Waals surface area (Å²) < 4.78 is 0. The molecule has 2 aromatic carbocycles. The molecule has 0 aliphatic carbocycles. The Hall–Kier alpha value is -2.17. The molecule has 0 bridgehead atoms. The molecule has 4 heteroatoms. The van der Waals surface area contributed by atoms with Gasteiger partial charge in [0.1, 0.15) is 0 Å². The maximum Gasteiger partial charge on any atom is 0.150 e. The number of benzene rings is 2. The van der Waals surface area contributed by atoms with Crippen molar-refractivity contribution in [2.24, 2.45) is 0 Å². The summed E-state index contributed by atoms with van der Waals surface area (Å²) in [6, 6.07) is 15.9. The van der Waals surface area contributed by atoms with Crippen LogP contribution in [0.5, 0.6) is 0 Å². The zero-order valence-corrected chi connectivity index (χ0v) is 12.3. The van der Waals surface area contributed by atoms with Gasteiger partial charge in [-0.3, -0.25) is 4.79 Å². The predicted molar refractivity (Wildman–Crippen MR) is 88.2 cm³/mol. The zero-order valence-electron chi connectivity index (χ0n) is 12.3. The fourth-order valence-electron chi connectivity index (χ4n) is 2.83. The van der Waals surface area contributed by atoms with Gasteiger partial charge in [-0.05, 0) is 35.7 Å². The van der Waals surface area contributed by atoms with Crippen molar-refractivity contribution in [2.45, 2.75) is 18.6 Å². The third-order valence-corrected chi connectivity index (χ3v) is 4.02. The third kappa shape index (κ3) is 3.35. The molecule has 1 saturated heterocycles. The number of carbonyl (C=O) groups excluding carboxylic acids is 1. The molecule has 0 saturated carbocycles. The van der Waals surface area contributed by atoms with Crippen LogP contribution >= 0.6 is 0 Å². The lowest BCUT2D eigenvalue weighted by molar-refractivity contribution is 0.112. The van der Waals surface area contributed by atoms with Crippen molar-refractivity contribution in [2.75, 3.05) is 18.4 Å². The van der Waals surface area contributed by atoms with Crippen LogP contribution < -0.4 is 10.6 Å². The number of β-amino-alcohol motifs (C(OH)–C–C–N with tert-alkyl or cyclic N) is 1. The van der Waals surface area contributed by atoms with Crippen molar-refractivity contribution < 1.29 is 9.90 Å². The van der Waals surface area contributed by atoms with Gasteiger partial charge in [0.25, 0.3) is 0 Å². The van der Waals surface area contributed by atoms with Gasteiger partial charge in [0.2, 0.25) is 0 Å². The van der Waals surface area contributed by atoms with Crippen LogP contribution in [-0.2, 0) is 0 Å². The van der Waals surface area contributed by atoms with Gasteiger partial charge in [0.05, 0.1) is 6.10 Å². The topological polar surface area (TPSA) is 61.4 Å². The highest BCUT2D eigenvalue weighted by Gasteiger charge is 2.21. The maximum absolute atomic E-state index is 11.3. The molecule has 1 aliphatic heterocycles. The Kier molecular flexibility index (Phi) is 4.51. The van der Waals surface area contributed by atoms with E-state index in [1.54, 1.807) is 0 Å². The Bertz CT molecular complexity index is 643.